The van der Waals surface area contributed by atoms with Crippen molar-refractivity contribution >= 4 is 29.3 Å². The van der Waals surface area contributed by atoms with E-state index in [9.17, 15) is 4.79 Å². The molecule has 3 aromatic rings. The van der Waals surface area contributed by atoms with Gasteiger partial charge in [0.2, 0.25) is 5.91 Å². The lowest BCUT2D eigenvalue weighted by molar-refractivity contribution is -0.118. The maximum absolute atomic E-state index is 12.0. The minimum atomic E-state index is -0.0897. The van der Waals surface area contributed by atoms with Crippen LogP contribution in [0.5, 0.6) is 0 Å². The zero-order valence-electron chi connectivity index (χ0n) is 14.6. The Labute approximate surface area is 166 Å². The molecular weight excluding hydrogens is 386 g/mol. The van der Waals surface area contributed by atoms with Gasteiger partial charge in [0.1, 0.15) is 0 Å². The van der Waals surface area contributed by atoms with E-state index in [2.05, 4.69) is 20.5 Å². The first kappa shape index (κ1) is 19.3. The van der Waals surface area contributed by atoms with Crippen molar-refractivity contribution in [2.75, 3.05) is 26.0 Å². The predicted octanol–water partition coefficient (Wildman–Crippen LogP) is 2.84. The normalized spacial score (nSPS) is 10.7. The summed E-state index contributed by atoms with van der Waals surface area (Å²) < 4.78 is 6.83. The van der Waals surface area contributed by atoms with E-state index in [1.54, 1.807) is 31.6 Å². The summed E-state index contributed by atoms with van der Waals surface area (Å²) in [7, 11) is 1.59. The van der Waals surface area contributed by atoms with Gasteiger partial charge in [-0.3, -0.25) is 14.3 Å². The number of carbonyl (C=O) groups excluding carboxylic acids is 1. The van der Waals surface area contributed by atoms with Crippen LogP contribution < -0.4 is 5.32 Å². The van der Waals surface area contributed by atoms with Crippen LogP contribution in [0.15, 0.2) is 53.9 Å². The number of halogens is 1. The molecule has 2 heterocycles. The third-order valence-electron chi connectivity index (χ3n) is 3.62. The zero-order chi connectivity index (χ0) is 19.1. The molecule has 0 radical (unpaired) electrons. The number of hydrogen-bond acceptors (Lipinski definition) is 6. The summed E-state index contributed by atoms with van der Waals surface area (Å²) >= 11 is 7.33. The maximum atomic E-state index is 12.0. The number of nitrogens with one attached hydrogen (secondary N) is 1. The number of rotatable bonds is 8. The highest BCUT2D eigenvalue weighted by Crippen LogP contribution is 2.28. The Morgan fingerprint density at radius 2 is 1.93 bits per heavy atom. The van der Waals surface area contributed by atoms with Crippen LogP contribution in [0.4, 0.5) is 0 Å². The molecule has 0 spiro atoms. The Hall–Kier alpha value is -2.42. The number of carbonyl (C=O) groups is 1. The van der Waals surface area contributed by atoms with Gasteiger partial charge in [-0.15, -0.1) is 10.2 Å². The van der Waals surface area contributed by atoms with E-state index < -0.39 is 0 Å². The van der Waals surface area contributed by atoms with E-state index in [1.165, 1.54) is 11.8 Å². The van der Waals surface area contributed by atoms with Crippen LogP contribution in [0.2, 0.25) is 5.02 Å². The summed E-state index contributed by atoms with van der Waals surface area (Å²) in [6.07, 6.45) is 3.40. The first-order valence-electron chi connectivity index (χ1n) is 8.19. The fourth-order valence-corrected chi connectivity index (χ4v) is 3.26. The van der Waals surface area contributed by atoms with Gasteiger partial charge in [-0.05, 0) is 36.4 Å². The lowest BCUT2D eigenvalue weighted by Gasteiger charge is -2.10. The first-order valence-corrected chi connectivity index (χ1v) is 9.55. The average Bonchev–Trinajstić information content (AvgIpc) is 3.12. The smallest absolute Gasteiger partial charge is 0.230 e. The molecule has 0 fully saturated rings. The molecule has 0 atom stereocenters. The lowest BCUT2D eigenvalue weighted by atomic mass is 10.2. The summed E-state index contributed by atoms with van der Waals surface area (Å²) in [6.45, 7) is 0.950. The van der Waals surface area contributed by atoms with E-state index >= 15 is 0 Å². The molecule has 3 rings (SSSR count). The van der Waals surface area contributed by atoms with Crippen LogP contribution >= 0.6 is 23.4 Å². The molecule has 9 heteroatoms. The summed E-state index contributed by atoms with van der Waals surface area (Å²) in [5, 5.41) is 12.6. The minimum absolute atomic E-state index is 0.0897. The Kier molecular flexibility index (Phi) is 6.80. The summed E-state index contributed by atoms with van der Waals surface area (Å²) in [5.74, 6) is 0.807. The number of hydrogen-bond donors (Lipinski definition) is 1. The Morgan fingerprint density at radius 3 is 2.63 bits per heavy atom. The van der Waals surface area contributed by atoms with E-state index in [1.807, 2.05) is 28.8 Å². The number of thioether (sulfide) groups is 1. The van der Waals surface area contributed by atoms with Gasteiger partial charge in [0.25, 0.3) is 0 Å². The molecule has 0 saturated heterocycles. The van der Waals surface area contributed by atoms with E-state index in [-0.39, 0.29) is 11.7 Å². The standard InChI is InChI=1S/C18H18ClN5O2S/c1-26-11-10-21-16(25)12-27-18-23-22-17(13-6-8-20-9-7-13)24(18)15-4-2-14(19)3-5-15/h2-9H,10-12H2,1H3,(H,21,25). The topological polar surface area (TPSA) is 81.9 Å². The van der Waals surface area contributed by atoms with Crippen LogP contribution in [-0.4, -0.2) is 51.7 Å². The second-order valence-corrected chi connectivity index (χ2v) is 6.86. The summed E-state index contributed by atoms with van der Waals surface area (Å²) in [4.78, 5) is 16.0. The Morgan fingerprint density at radius 1 is 1.19 bits per heavy atom. The third kappa shape index (κ3) is 5.06. The van der Waals surface area contributed by atoms with Gasteiger partial charge in [0.15, 0.2) is 11.0 Å². The van der Waals surface area contributed by atoms with Gasteiger partial charge in [-0.1, -0.05) is 23.4 Å². The molecule has 2 aromatic heterocycles. The monoisotopic (exact) mass is 403 g/mol. The molecular formula is C18H18ClN5O2S. The molecule has 1 amide bonds. The molecule has 0 aliphatic rings. The van der Waals surface area contributed by atoms with E-state index in [0.29, 0.717) is 29.2 Å². The number of nitrogens with zero attached hydrogens (tertiary/aromatic N) is 4. The number of pyridine rings is 1. The Bertz CT molecular complexity index is 887. The van der Waals surface area contributed by atoms with Crippen LogP contribution in [0.1, 0.15) is 0 Å². The van der Waals surface area contributed by atoms with Gasteiger partial charge in [-0.2, -0.15) is 0 Å². The molecule has 0 bridgehead atoms. The molecule has 0 unspecified atom stereocenters. The van der Waals surface area contributed by atoms with Crippen molar-refractivity contribution in [3.05, 3.63) is 53.8 Å². The van der Waals surface area contributed by atoms with Crippen LogP contribution in [-0.2, 0) is 9.53 Å². The SMILES string of the molecule is COCCNC(=O)CSc1nnc(-c2ccncc2)n1-c1ccc(Cl)cc1. The van der Waals surface area contributed by atoms with Crippen LogP contribution in [0, 0.1) is 0 Å². The van der Waals surface area contributed by atoms with Crippen molar-refractivity contribution in [2.45, 2.75) is 5.16 Å². The number of ether oxygens (including phenoxy) is 1. The van der Waals surface area contributed by atoms with Gasteiger partial charge >= 0.3 is 0 Å². The van der Waals surface area contributed by atoms with Gasteiger partial charge in [0, 0.05) is 42.3 Å². The zero-order valence-corrected chi connectivity index (χ0v) is 16.2. The van der Waals surface area contributed by atoms with Crippen molar-refractivity contribution in [3.63, 3.8) is 0 Å². The molecule has 7 nitrogen and oxygen atoms in total. The van der Waals surface area contributed by atoms with Crippen LogP contribution in [0.3, 0.4) is 0 Å². The van der Waals surface area contributed by atoms with Gasteiger partial charge < -0.3 is 10.1 Å². The molecule has 140 valence electrons. The fourth-order valence-electron chi connectivity index (χ4n) is 2.35. The van der Waals surface area contributed by atoms with Crippen molar-refractivity contribution in [1.82, 2.24) is 25.1 Å². The average molecular weight is 404 g/mol. The molecule has 0 saturated carbocycles. The van der Waals surface area contributed by atoms with E-state index in [4.69, 9.17) is 16.3 Å². The molecule has 0 aliphatic carbocycles. The number of aromatic nitrogens is 4. The molecule has 1 aromatic carbocycles. The van der Waals surface area contributed by atoms with Crippen LogP contribution in [0.25, 0.3) is 17.1 Å². The van der Waals surface area contributed by atoms with E-state index in [0.717, 1.165) is 11.3 Å². The molecule has 27 heavy (non-hydrogen) atoms. The third-order valence-corrected chi connectivity index (χ3v) is 4.80. The molecule has 0 aliphatic heterocycles. The predicted molar refractivity (Wildman–Crippen MR) is 105 cm³/mol. The lowest BCUT2D eigenvalue weighted by Crippen LogP contribution is -2.28. The molecule has 1 N–H and O–H groups in total. The van der Waals surface area contributed by atoms with Crippen molar-refractivity contribution in [2.24, 2.45) is 0 Å². The Balaban J connectivity index is 1.86. The summed E-state index contributed by atoms with van der Waals surface area (Å²) in [6, 6.07) is 11.1. The number of amides is 1. The maximum Gasteiger partial charge on any atom is 0.230 e. The number of benzene rings is 1. The quantitative estimate of drug-likeness (QED) is 0.460. The first-order chi connectivity index (χ1) is 13.2. The largest absolute Gasteiger partial charge is 0.383 e. The van der Waals surface area contributed by atoms with Crippen molar-refractivity contribution in [1.29, 1.82) is 0 Å². The van der Waals surface area contributed by atoms with Crippen molar-refractivity contribution < 1.29 is 9.53 Å². The van der Waals surface area contributed by atoms with Crippen molar-refractivity contribution in [3.8, 4) is 17.1 Å². The number of methoxy groups -OCH3 is 1. The minimum Gasteiger partial charge on any atom is -0.383 e. The fraction of sp³-hybridized carbons (Fsp3) is 0.222. The highest BCUT2D eigenvalue weighted by Gasteiger charge is 2.17. The highest BCUT2D eigenvalue weighted by atomic mass is 35.5. The van der Waals surface area contributed by atoms with Gasteiger partial charge in [0.05, 0.1) is 12.4 Å². The second-order valence-electron chi connectivity index (χ2n) is 5.49. The highest BCUT2D eigenvalue weighted by molar-refractivity contribution is 7.99. The second kappa shape index (κ2) is 9.50. The summed E-state index contributed by atoms with van der Waals surface area (Å²) in [5.41, 5.74) is 1.74. The van der Waals surface area contributed by atoms with Gasteiger partial charge in [-0.25, -0.2) is 0 Å².